The lowest BCUT2D eigenvalue weighted by molar-refractivity contribution is -0.136. The summed E-state index contributed by atoms with van der Waals surface area (Å²) in [4.78, 5) is 33.7. The third-order valence-corrected chi connectivity index (χ3v) is 6.09. The van der Waals surface area contributed by atoms with Crippen molar-refractivity contribution in [2.75, 3.05) is 39.9 Å². The Hall–Kier alpha value is -2.51. The number of morpholine rings is 1. The number of pyridine rings is 1. The minimum absolute atomic E-state index is 0.156. The highest BCUT2D eigenvalue weighted by atomic mass is 16.5. The predicted octanol–water partition coefficient (Wildman–Crippen LogP) is 1.68. The highest BCUT2D eigenvalue weighted by Crippen LogP contribution is 2.25. The first kappa shape index (κ1) is 19.8. The van der Waals surface area contributed by atoms with Gasteiger partial charge in [0, 0.05) is 43.5 Å². The van der Waals surface area contributed by atoms with Gasteiger partial charge < -0.3 is 15.0 Å². The van der Waals surface area contributed by atoms with Gasteiger partial charge >= 0.3 is 0 Å². The molecule has 4 rings (SSSR count). The molecular formula is C22H28N4O3. The van der Waals surface area contributed by atoms with Crippen LogP contribution in [0.15, 0.2) is 36.4 Å². The maximum atomic E-state index is 12.6. The van der Waals surface area contributed by atoms with Crippen molar-refractivity contribution in [2.24, 2.45) is 0 Å². The molecule has 2 aliphatic rings. The molecule has 3 heterocycles. The van der Waals surface area contributed by atoms with Crippen molar-refractivity contribution in [3.63, 3.8) is 0 Å². The summed E-state index contributed by atoms with van der Waals surface area (Å²) < 4.78 is 5.32. The van der Waals surface area contributed by atoms with Crippen LogP contribution in [0.2, 0.25) is 0 Å². The Morgan fingerprint density at radius 3 is 2.69 bits per heavy atom. The number of hydrogen-bond acceptors (Lipinski definition) is 5. The smallest absolute Gasteiger partial charge is 0.269 e. The van der Waals surface area contributed by atoms with Gasteiger partial charge in [0.1, 0.15) is 5.69 Å². The zero-order valence-electron chi connectivity index (χ0n) is 16.8. The monoisotopic (exact) mass is 396 g/mol. The Labute approximate surface area is 171 Å². The average molecular weight is 396 g/mol. The van der Waals surface area contributed by atoms with Gasteiger partial charge in [-0.25, -0.2) is 4.98 Å². The standard InChI is InChI=1S/C22H28N4O3/c1-25-17(14-21(27)26-10-12-29-13-11-26)7-8-18(25)15-23-22(28)20-9-6-16-4-2-3-5-19(16)24-20/h2-6,9,17-18H,7-8,10-15H2,1H3,(H,23,28)/t17-,18+/m1/s1. The summed E-state index contributed by atoms with van der Waals surface area (Å²) >= 11 is 0. The van der Waals surface area contributed by atoms with E-state index in [1.807, 2.05) is 35.2 Å². The van der Waals surface area contributed by atoms with Gasteiger partial charge in [-0.05, 0) is 32.0 Å². The fraction of sp³-hybridized carbons (Fsp3) is 0.500. The molecule has 2 fully saturated rings. The van der Waals surface area contributed by atoms with Gasteiger partial charge in [-0.1, -0.05) is 24.3 Å². The molecule has 0 radical (unpaired) electrons. The van der Waals surface area contributed by atoms with Crippen LogP contribution in [0.4, 0.5) is 0 Å². The van der Waals surface area contributed by atoms with Gasteiger partial charge in [-0.3, -0.25) is 14.5 Å². The van der Waals surface area contributed by atoms with Crippen LogP contribution in [-0.2, 0) is 9.53 Å². The van der Waals surface area contributed by atoms with E-state index in [2.05, 4.69) is 22.2 Å². The van der Waals surface area contributed by atoms with Crippen molar-refractivity contribution in [1.29, 1.82) is 0 Å². The molecule has 154 valence electrons. The topological polar surface area (TPSA) is 74.8 Å². The van der Waals surface area contributed by atoms with E-state index in [9.17, 15) is 9.59 Å². The van der Waals surface area contributed by atoms with Crippen LogP contribution in [0.25, 0.3) is 10.9 Å². The third kappa shape index (κ3) is 4.57. The summed E-state index contributed by atoms with van der Waals surface area (Å²) in [5.41, 5.74) is 1.25. The van der Waals surface area contributed by atoms with E-state index in [0.717, 1.165) is 23.7 Å². The molecule has 0 saturated carbocycles. The molecular weight excluding hydrogens is 368 g/mol. The van der Waals surface area contributed by atoms with Crippen LogP contribution in [0.5, 0.6) is 0 Å². The number of aromatic nitrogens is 1. The second kappa shape index (κ2) is 8.88. The van der Waals surface area contributed by atoms with Crippen LogP contribution < -0.4 is 5.32 Å². The number of ether oxygens (including phenoxy) is 1. The predicted molar refractivity (Wildman–Crippen MR) is 111 cm³/mol. The number of likely N-dealkylation sites (tertiary alicyclic amines) is 1. The number of nitrogens with one attached hydrogen (secondary N) is 1. The molecule has 7 heteroatoms. The Kier molecular flexibility index (Phi) is 6.06. The SMILES string of the molecule is CN1[C@@H](CC(=O)N2CCOCC2)CC[C@H]1CNC(=O)c1ccc2ccccc2n1. The maximum Gasteiger partial charge on any atom is 0.269 e. The molecule has 0 bridgehead atoms. The Morgan fingerprint density at radius 1 is 1.10 bits per heavy atom. The van der Waals surface area contributed by atoms with Crippen molar-refractivity contribution in [3.8, 4) is 0 Å². The molecule has 0 aliphatic carbocycles. The number of fused-ring (bicyclic) bond motifs is 1. The van der Waals surface area contributed by atoms with Gasteiger partial charge in [-0.15, -0.1) is 0 Å². The molecule has 0 spiro atoms. The summed E-state index contributed by atoms with van der Waals surface area (Å²) in [6, 6.07) is 11.9. The van der Waals surface area contributed by atoms with Crippen LogP contribution >= 0.6 is 0 Å². The fourth-order valence-electron chi connectivity index (χ4n) is 4.22. The van der Waals surface area contributed by atoms with Gasteiger partial charge in [0.05, 0.1) is 18.7 Å². The van der Waals surface area contributed by atoms with E-state index >= 15 is 0 Å². The van der Waals surface area contributed by atoms with E-state index in [-0.39, 0.29) is 23.9 Å². The van der Waals surface area contributed by atoms with Crippen LogP contribution in [0.3, 0.4) is 0 Å². The second-order valence-electron chi connectivity index (χ2n) is 7.85. The molecule has 1 aromatic carbocycles. The lowest BCUT2D eigenvalue weighted by Gasteiger charge is -2.30. The number of likely N-dealkylation sites (N-methyl/N-ethyl adjacent to an activating group) is 1. The lowest BCUT2D eigenvalue weighted by atomic mass is 10.1. The molecule has 2 aliphatic heterocycles. The number of nitrogens with zero attached hydrogens (tertiary/aromatic N) is 3. The van der Waals surface area contributed by atoms with Crippen LogP contribution in [-0.4, -0.2) is 78.6 Å². The van der Waals surface area contributed by atoms with Gasteiger partial charge in [-0.2, -0.15) is 0 Å². The van der Waals surface area contributed by atoms with E-state index in [1.165, 1.54) is 0 Å². The number of hydrogen-bond donors (Lipinski definition) is 1. The fourth-order valence-corrected chi connectivity index (χ4v) is 4.22. The number of para-hydroxylation sites is 1. The molecule has 7 nitrogen and oxygen atoms in total. The number of benzene rings is 1. The average Bonchev–Trinajstić information content (AvgIpc) is 3.11. The highest BCUT2D eigenvalue weighted by Gasteiger charge is 2.33. The molecule has 2 saturated heterocycles. The molecule has 29 heavy (non-hydrogen) atoms. The van der Waals surface area contributed by atoms with Crippen molar-refractivity contribution >= 4 is 22.7 Å². The Bertz CT molecular complexity index is 881. The first-order chi connectivity index (χ1) is 14.1. The third-order valence-electron chi connectivity index (χ3n) is 6.09. The summed E-state index contributed by atoms with van der Waals surface area (Å²) in [6.45, 7) is 3.19. The van der Waals surface area contributed by atoms with Gasteiger partial charge in [0.2, 0.25) is 5.91 Å². The minimum Gasteiger partial charge on any atom is -0.378 e. The summed E-state index contributed by atoms with van der Waals surface area (Å²) in [5, 5.41) is 4.04. The number of rotatable bonds is 5. The largest absolute Gasteiger partial charge is 0.378 e. The van der Waals surface area contributed by atoms with Crippen molar-refractivity contribution < 1.29 is 14.3 Å². The first-order valence-corrected chi connectivity index (χ1v) is 10.3. The van der Waals surface area contributed by atoms with Crippen molar-refractivity contribution in [3.05, 3.63) is 42.1 Å². The quantitative estimate of drug-likeness (QED) is 0.832. The van der Waals surface area contributed by atoms with Crippen molar-refractivity contribution in [2.45, 2.75) is 31.3 Å². The van der Waals surface area contributed by atoms with Crippen molar-refractivity contribution in [1.82, 2.24) is 20.1 Å². The normalized spacial score (nSPS) is 22.7. The molecule has 2 aromatic rings. The molecule has 2 atom stereocenters. The number of carbonyl (C=O) groups is 2. The van der Waals surface area contributed by atoms with E-state index in [1.54, 1.807) is 6.07 Å². The molecule has 1 N–H and O–H groups in total. The highest BCUT2D eigenvalue weighted by molar-refractivity contribution is 5.94. The second-order valence-corrected chi connectivity index (χ2v) is 7.85. The molecule has 0 unspecified atom stereocenters. The van der Waals surface area contributed by atoms with Crippen LogP contribution in [0, 0.1) is 0 Å². The summed E-state index contributed by atoms with van der Waals surface area (Å²) in [6.07, 6.45) is 2.48. The van der Waals surface area contributed by atoms with E-state index < -0.39 is 0 Å². The van der Waals surface area contributed by atoms with Gasteiger partial charge in [0.15, 0.2) is 0 Å². The zero-order chi connectivity index (χ0) is 20.2. The zero-order valence-corrected chi connectivity index (χ0v) is 16.8. The lowest BCUT2D eigenvalue weighted by Crippen LogP contribution is -2.45. The first-order valence-electron chi connectivity index (χ1n) is 10.3. The van der Waals surface area contributed by atoms with E-state index in [4.69, 9.17) is 4.74 Å². The van der Waals surface area contributed by atoms with Gasteiger partial charge in [0.25, 0.3) is 5.91 Å². The molecule has 1 aromatic heterocycles. The Morgan fingerprint density at radius 2 is 1.86 bits per heavy atom. The van der Waals surface area contributed by atoms with Crippen LogP contribution in [0.1, 0.15) is 29.8 Å². The van der Waals surface area contributed by atoms with E-state index in [0.29, 0.717) is 45.0 Å². The maximum absolute atomic E-state index is 12.6. The summed E-state index contributed by atoms with van der Waals surface area (Å²) in [5.74, 6) is 0.0483. The Balaban J connectivity index is 1.29. The number of carbonyl (C=O) groups excluding carboxylic acids is 2. The minimum atomic E-state index is -0.156. The number of amides is 2. The molecule has 2 amide bonds. The summed E-state index contributed by atoms with van der Waals surface area (Å²) in [7, 11) is 2.05.